The first-order chi connectivity index (χ1) is 8.79. The Kier molecular flexibility index (Phi) is 5.80. The summed E-state index contributed by atoms with van der Waals surface area (Å²) in [4.78, 5) is 0. The highest BCUT2D eigenvalue weighted by atomic mass is 32.2. The van der Waals surface area contributed by atoms with Gasteiger partial charge in [-0.3, -0.25) is 11.3 Å². The molecule has 1 saturated carbocycles. The van der Waals surface area contributed by atoms with E-state index in [9.17, 15) is 0 Å². The van der Waals surface area contributed by atoms with E-state index in [1.165, 1.54) is 50.7 Å². The molecule has 0 radical (unpaired) electrons. The maximum absolute atomic E-state index is 6.10. The van der Waals surface area contributed by atoms with E-state index >= 15 is 0 Å². The molecule has 2 fully saturated rings. The monoisotopic (exact) mass is 272 g/mol. The number of nitrogens with one attached hydrogen (secondary N) is 1. The summed E-state index contributed by atoms with van der Waals surface area (Å²) in [6.45, 7) is 3.17. The highest BCUT2D eigenvalue weighted by Crippen LogP contribution is 2.43. The normalized spacial score (nSPS) is 28.7. The van der Waals surface area contributed by atoms with Crippen molar-refractivity contribution in [3.05, 3.63) is 0 Å². The van der Waals surface area contributed by atoms with Crippen molar-refractivity contribution in [1.29, 1.82) is 0 Å². The van der Waals surface area contributed by atoms with Gasteiger partial charge in [-0.2, -0.15) is 11.8 Å². The van der Waals surface area contributed by atoms with Crippen LogP contribution in [0.25, 0.3) is 0 Å². The SMILES string of the molecule is CCCSCC(NN)C1CCOC2(CCCC2)C1. The first-order valence-electron chi connectivity index (χ1n) is 7.47. The summed E-state index contributed by atoms with van der Waals surface area (Å²) in [5.41, 5.74) is 3.28. The predicted molar refractivity (Wildman–Crippen MR) is 78.6 cm³/mol. The van der Waals surface area contributed by atoms with Gasteiger partial charge in [0.05, 0.1) is 5.60 Å². The third kappa shape index (κ3) is 3.62. The molecule has 2 unspecified atom stereocenters. The van der Waals surface area contributed by atoms with Gasteiger partial charge >= 0.3 is 0 Å². The lowest BCUT2D eigenvalue weighted by Gasteiger charge is -2.41. The van der Waals surface area contributed by atoms with Crippen molar-refractivity contribution in [1.82, 2.24) is 5.43 Å². The Morgan fingerprint density at radius 1 is 1.44 bits per heavy atom. The molecule has 1 spiro atoms. The van der Waals surface area contributed by atoms with E-state index in [1.54, 1.807) is 0 Å². The molecule has 2 atom stereocenters. The Labute approximate surface area is 116 Å². The number of hydrazine groups is 1. The van der Waals surface area contributed by atoms with E-state index in [2.05, 4.69) is 12.3 Å². The molecule has 4 heteroatoms. The van der Waals surface area contributed by atoms with E-state index in [4.69, 9.17) is 10.6 Å². The van der Waals surface area contributed by atoms with Crippen LogP contribution in [0.3, 0.4) is 0 Å². The topological polar surface area (TPSA) is 47.3 Å². The van der Waals surface area contributed by atoms with E-state index in [1.807, 2.05) is 11.8 Å². The number of ether oxygens (including phenoxy) is 1. The largest absolute Gasteiger partial charge is 0.375 e. The summed E-state index contributed by atoms with van der Waals surface area (Å²) < 4.78 is 6.10. The van der Waals surface area contributed by atoms with Crippen LogP contribution in [0.1, 0.15) is 51.9 Å². The molecule has 1 heterocycles. The quantitative estimate of drug-likeness (QED) is 0.443. The van der Waals surface area contributed by atoms with Crippen LogP contribution in [0.2, 0.25) is 0 Å². The fourth-order valence-electron chi connectivity index (χ4n) is 3.45. The molecule has 1 aliphatic heterocycles. The van der Waals surface area contributed by atoms with Crippen molar-refractivity contribution in [2.75, 3.05) is 18.1 Å². The molecular weight excluding hydrogens is 244 g/mol. The third-order valence-electron chi connectivity index (χ3n) is 4.47. The molecule has 0 bridgehead atoms. The van der Waals surface area contributed by atoms with Gasteiger partial charge in [0.15, 0.2) is 0 Å². The molecule has 1 saturated heterocycles. The van der Waals surface area contributed by atoms with Crippen molar-refractivity contribution >= 4 is 11.8 Å². The van der Waals surface area contributed by atoms with Gasteiger partial charge in [0.1, 0.15) is 0 Å². The van der Waals surface area contributed by atoms with Gasteiger partial charge in [0, 0.05) is 18.4 Å². The first kappa shape index (κ1) is 14.6. The van der Waals surface area contributed by atoms with Crippen molar-refractivity contribution in [3.63, 3.8) is 0 Å². The lowest BCUT2D eigenvalue weighted by atomic mass is 9.81. The smallest absolute Gasteiger partial charge is 0.0685 e. The lowest BCUT2D eigenvalue weighted by molar-refractivity contribution is -0.0967. The van der Waals surface area contributed by atoms with Crippen LogP contribution in [0.15, 0.2) is 0 Å². The summed E-state index contributed by atoms with van der Waals surface area (Å²) in [7, 11) is 0. The highest BCUT2D eigenvalue weighted by molar-refractivity contribution is 7.99. The van der Waals surface area contributed by atoms with Crippen LogP contribution >= 0.6 is 11.8 Å². The summed E-state index contributed by atoms with van der Waals surface area (Å²) in [6, 6.07) is 0.461. The van der Waals surface area contributed by atoms with Gasteiger partial charge in [-0.25, -0.2) is 0 Å². The molecule has 0 aromatic rings. The van der Waals surface area contributed by atoms with Crippen LogP contribution in [-0.2, 0) is 4.74 Å². The molecule has 0 aromatic carbocycles. The Bertz CT molecular complexity index is 244. The van der Waals surface area contributed by atoms with Crippen LogP contribution in [-0.4, -0.2) is 29.8 Å². The summed E-state index contributed by atoms with van der Waals surface area (Å²) in [5.74, 6) is 8.86. The average Bonchev–Trinajstić information content (AvgIpc) is 2.83. The van der Waals surface area contributed by atoms with E-state index in [0.29, 0.717) is 12.0 Å². The molecule has 2 aliphatic rings. The molecule has 106 valence electrons. The van der Waals surface area contributed by atoms with Crippen LogP contribution in [0.5, 0.6) is 0 Å². The summed E-state index contributed by atoms with van der Waals surface area (Å²) in [6.07, 6.45) is 8.86. The molecule has 0 amide bonds. The first-order valence-corrected chi connectivity index (χ1v) is 8.63. The molecule has 1 aliphatic carbocycles. The molecule has 2 rings (SSSR count). The van der Waals surface area contributed by atoms with Crippen molar-refractivity contribution < 1.29 is 4.74 Å². The number of thioether (sulfide) groups is 1. The van der Waals surface area contributed by atoms with Gasteiger partial charge in [-0.05, 0) is 43.8 Å². The van der Waals surface area contributed by atoms with Gasteiger partial charge in [0.25, 0.3) is 0 Å². The average molecular weight is 272 g/mol. The Hall–Kier alpha value is 0.230. The standard InChI is InChI=1S/C14H28N2OS/c1-2-9-18-11-13(16-15)12-5-8-17-14(10-12)6-3-4-7-14/h12-13,16H,2-11,15H2,1H3. The zero-order chi connectivity index (χ0) is 12.8. The van der Waals surface area contributed by atoms with E-state index in [-0.39, 0.29) is 5.60 Å². The number of nitrogens with two attached hydrogens (primary N) is 1. The minimum atomic E-state index is 0.216. The second-order valence-corrected chi connectivity index (χ2v) is 6.99. The fourth-order valence-corrected chi connectivity index (χ4v) is 4.53. The molecule has 18 heavy (non-hydrogen) atoms. The van der Waals surface area contributed by atoms with E-state index < -0.39 is 0 Å². The minimum absolute atomic E-state index is 0.216. The number of hydrogen-bond acceptors (Lipinski definition) is 4. The van der Waals surface area contributed by atoms with Crippen LogP contribution in [0, 0.1) is 5.92 Å². The fraction of sp³-hybridized carbons (Fsp3) is 1.00. The number of hydrogen-bond donors (Lipinski definition) is 2. The maximum Gasteiger partial charge on any atom is 0.0685 e. The predicted octanol–water partition coefficient (Wildman–Crippen LogP) is 2.70. The second kappa shape index (κ2) is 7.13. The van der Waals surface area contributed by atoms with Gasteiger partial charge in [-0.1, -0.05) is 19.8 Å². The van der Waals surface area contributed by atoms with Crippen molar-refractivity contribution in [2.24, 2.45) is 11.8 Å². The lowest BCUT2D eigenvalue weighted by Crippen LogP contribution is -2.49. The van der Waals surface area contributed by atoms with Crippen LogP contribution < -0.4 is 11.3 Å². The molecule has 3 N–H and O–H groups in total. The van der Waals surface area contributed by atoms with Crippen LogP contribution in [0.4, 0.5) is 0 Å². The second-order valence-electron chi connectivity index (χ2n) is 5.84. The van der Waals surface area contributed by atoms with Gasteiger partial charge in [0.2, 0.25) is 0 Å². The van der Waals surface area contributed by atoms with Gasteiger partial charge in [-0.15, -0.1) is 0 Å². The van der Waals surface area contributed by atoms with Crippen molar-refractivity contribution in [3.8, 4) is 0 Å². The molecular formula is C14H28N2OS. The zero-order valence-corrected chi connectivity index (χ0v) is 12.4. The maximum atomic E-state index is 6.10. The Morgan fingerprint density at radius 3 is 2.89 bits per heavy atom. The molecule has 3 nitrogen and oxygen atoms in total. The Balaban J connectivity index is 1.85. The minimum Gasteiger partial charge on any atom is -0.375 e. The third-order valence-corrected chi connectivity index (χ3v) is 5.77. The number of rotatable bonds is 6. The van der Waals surface area contributed by atoms with E-state index in [0.717, 1.165) is 12.4 Å². The van der Waals surface area contributed by atoms with Gasteiger partial charge < -0.3 is 4.74 Å². The summed E-state index contributed by atoms with van der Waals surface area (Å²) in [5, 5.41) is 0. The highest BCUT2D eigenvalue weighted by Gasteiger charge is 2.41. The Morgan fingerprint density at radius 2 is 2.22 bits per heavy atom. The van der Waals surface area contributed by atoms with Crippen molar-refractivity contribution in [2.45, 2.75) is 63.5 Å². The summed E-state index contributed by atoms with van der Waals surface area (Å²) >= 11 is 2.03. The zero-order valence-electron chi connectivity index (χ0n) is 11.6. The molecule has 0 aromatic heterocycles.